The highest BCUT2D eigenvalue weighted by Crippen LogP contribution is 2.21. The van der Waals surface area contributed by atoms with Crippen LogP contribution in [0.25, 0.3) is 0 Å². The fraction of sp³-hybridized carbons (Fsp3) is 0.312. The predicted octanol–water partition coefficient (Wildman–Crippen LogP) is 3.53. The van der Waals surface area contributed by atoms with Crippen LogP contribution in [-0.2, 0) is 6.42 Å². The number of amides is 1. The zero-order chi connectivity index (χ0) is 15.4. The fourth-order valence-corrected chi connectivity index (χ4v) is 2.33. The monoisotopic (exact) mass is 303 g/mol. The molecule has 2 heterocycles. The smallest absolute Gasteiger partial charge is 0.254 e. The minimum absolute atomic E-state index is 0.0440. The lowest BCUT2D eigenvalue weighted by atomic mass is 10.1. The Bertz CT molecular complexity index is 631. The first-order valence-electron chi connectivity index (χ1n) is 6.86. The average molecular weight is 304 g/mol. The summed E-state index contributed by atoms with van der Waals surface area (Å²) in [6.07, 6.45) is 4.19. The summed E-state index contributed by atoms with van der Waals surface area (Å²) in [7, 11) is 1.79. The largest absolute Gasteiger partial charge is 0.335 e. The molecule has 0 N–H and O–H groups in total. The molecule has 1 unspecified atom stereocenters. The highest BCUT2D eigenvalue weighted by atomic mass is 35.5. The highest BCUT2D eigenvalue weighted by molar-refractivity contribution is 6.29. The Hall–Kier alpha value is -1.94. The van der Waals surface area contributed by atoms with Gasteiger partial charge in [0.15, 0.2) is 0 Å². The van der Waals surface area contributed by atoms with Gasteiger partial charge in [-0.1, -0.05) is 18.5 Å². The van der Waals surface area contributed by atoms with Crippen molar-refractivity contribution in [2.75, 3.05) is 7.05 Å². The van der Waals surface area contributed by atoms with Gasteiger partial charge in [-0.25, -0.2) is 4.98 Å². The molecule has 0 spiro atoms. The van der Waals surface area contributed by atoms with E-state index in [0.717, 1.165) is 17.7 Å². The van der Waals surface area contributed by atoms with E-state index in [0.29, 0.717) is 10.7 Å². The lowest BCUT2D eigenvalue weighted by Gasteiger charge is -2.25. The van der Waals surface area contributed by atoms with Crippen LogP contribution in [0.3, 0.4) is 0 Å². The zero-order valence-electron chi connectivity index (χ0n) is 12.4. The molecular weight excluding hydrogens is 286 g/mol. The minimum Gasteiger partial charge on any atom is -0.335 e. The molecule has 1 amide bonds. The SMILES string of the molecule is CCc1cc(C(=O)N(C)C(C)c2ccncc2)cc(Cl)n1. The second-order valence-corrected chi connectivity index (χ2v) is 5.28. The fourth-order valence-electron chi connectivity index (χ4n) is 2.10. The first-order valence-corrected chi connectivity index (χ1v) is 7.24. The molecule has 110 valence electrons. The summed E-state index contributed by atoms with van der Waals surface area (Å²) >= 11 is 5.98. The Morgan fingerprint density at radius 1 is 1.33 bits per heavy atom. The third kappa shape index (κ3) is 3.58. The summed E-state index contributed by atoms with van der Waals surface area (Å²) in [4.78, 5) is 22.5. The molecule has 0 aliphatic rings. The van der Waals surface area contributed by atoms with Crippen LogP contribution >= 0.6 is 11.6 Å². The summed E-state index contributed by atoms with van der Waals surface area (Å²) in [5.41, 5.74) is 2.42. The van der Waals surface area contributed by atoms with Gasteiger partial charge in [0.05, 0.1) is 6.04 Å². The number of hydrogen-bond donors (Lipinski definition) is 0. The molecule has 0 aliphatic heterocycles. The van der Waals surface area contributed by atoms with Gasteiger partial charge in [0.25, 0.3) is 5.91 Å². The van der Waals surface area contributed by atoms with Crippen LogP contribution in [0.2, 0.25) is 5.15 Å². The number of nitrogens with zero attached hydrogens (tertiary/aromatic N) is 3. The number of pyridine rings is 2. The van der Waals surface area contributed by atoms with Crippen molar-refractivity contribution >= 4 is 17.5 Å². The number of rotatable bonds is 4. The van der Waals surface area contributed by atoms with Gasteiger partial charge in [-0.3, -0.25) is 9.78 Å². The van der Waals surface area contributed by atoms with E-state index in [4.69, 9.17) is 11.6 Å². The Labute approximate surface area is 129 Å². The van der Waals surface area contributed by atoms with Gasteiger partial charge in [-0.15, -0.1) is 0 Å². The molecule has 0 fully saturated rings. The second kappa shape index (κ2) is 6.68. The molecular formula is C16H18ClN3O. The van der Waals surface area contributed by atoms with E-state index in [9.17, 15) is 4.79 Å². The van der Waals surface area contributed by atoms with Gasteiger partial charge in [0.1, 0.15) is 5.15 Å². The van der Waals surface area contributed by atoms with E-state index >= 15 is 0 Å². The number of halogens is 1. The maximum Gasteiger partial charge on any atom is 0.254 e. The number of hydrogen-bond acceptors (Lipinski definition) is 3. The quantitative estimate of drug-likeness (QED) is 0.812. The number of carbonyl (C=O) groups is 1. The van der Waals surface area contributed by atoms with E-state index < -0.39 is 0 Å². The van der Waals surface area contributed by atoms with Gasteiger partial charge in [0.2, 0.25) is 0 Å². The van der Waals surface area contributed by atoms with E-state index in [1.165, 1.54) is 0 Å². The second-order valence-electron chi connectivity index (χ2n) is 4.90. The van der Waals surface area contributed by atoms with Gasteiger partial charge >= 0.3 is 0 Å². The predicted molar refractivity (Wildman–Crippen MR) is 83.4 cm³/mol. The summed E-state index contributed by atoms with van der Waals surface area (Å²) in [5.74, 6) is -0.0710. The molecule has 21 heavy (non-hydrogen) atoms. The molecule has 0 radical (unpaired) electrons. The maximum atomic E-state index is 12.6. The number of aryl methyl sites for hydroxylation is 1. The Morgan fingerprint density at radius 3 is 2.62 bits per heavy atom. The molecule has 4 nitrogen and oxygen atoms in total. The van der Waals surface area contributed by atoms with Crippen molar-refractivity contribution in [1.82, 2.24) is 14.9 Å². The molecule has 1 atom stereocenters. The summed E-state index contributed by atoms with van der Waals surface area (Å²) in [5, 5.41) is 0.350. The lowest BCUT2D eigenvalue weighted by Crippen LogP contribution is -2.29. The van der Waals surface area contributed by atoms with Crippen molar-refractivity contribution in [2.24, 2.45) is 0 Å². The third-order valence-corrected chi connectivity index (χ3v) is 3.74. The lowest BCUT2D eigenvalue weighted by molar-refractivity contribution is 0.0742. The Balaban J connectivity index is 2.25. The molecule has 0 bridgehead atoms. The van der Waals surface area contributed by atoms with E-state index in [2.05, 4.69) is 9.97 Å². The first kappa shape index (κ1) is 15.4. The molecule has 2 aromatic heterocycles. The molecule has 0 saturated carbocycles. The minimum atomic E-state index is -0.0710. The number of aromatic nitrogens is 2. The normalized spacial score (nSPS) is 12.0. The molecule has 0 aromatic carbocycles. The average Bonchev–Trinajstić information content (AvgIpc) is 2.52. The highest BCUT2D eigenvalue weighted by Gasteiger charge is 2.19. The van der Waals surface area contributed by atoms with Crippen molar-refractivity contribution < 1.29 is 4.79 Å². The first-order chi connectivity index (χ1) is 10.0. The third-order valence-electron chi connectivity index (χ3n) is 3.55. The Kier molecular flexibility index (Phi) is 4.91. The van der Waals surface area contributed by atoms with Crippen molar-refractivity contribution in [3.05, 3.63) is 58.6 Å². The van der Waals surface area contributed by atoms with Crippen LogP contribution in [0, 0.1) is 0 Å². The maximum absolute atomic E-state index is 12.6. The topological polar surface area (TPSA) is 46.1 Å². The van der Waals surface area contributed by atoms with Crippen molar-refractivity contribution in [3.8, 4) is 0 Å². The van der Waals surface area contributed by atoms with E-state index in [-0.39, 0.29) is 11.9 Å². The van der Waals surface area contributed by atoms with Gasteiger partial charge in [-0.05, 0) is 43.2 Å². The van der Waals surface area contributed by atoms with Crippen LogP contribution in [0.1, 0.15) is 41.5 Å². The van der Waals surface area contributed by atoms with Gasteiger partial charge < -0.3 is 4.90 Å². The van der Waals surface area contributed by atoms with Crippen LogP contribution in [0.15, 0.2) is 36.7 Å². The number of carbonyl (C=O) groups excluding carboxylic acids is 1. The summed E-state index contributed by atoms with van der Waals surface area (Å²) < 4.78 is 0. The van der Waals surface area contributed by atoms with Crippen molar-refractivity contribution in [2.45, 2.75) is 26.3 Å². The van der Waals surface area contributed by atoms with Crippen LogP contribution in [0.5, 0.6) is 0 Å². The molecule has 0 saturated heterocycles. The Morgan fingerprint density at radius 2 is 2.00 bits per heavy atom. The standard InChI is InChI=1S/C16H18ClN3O/c1-4-14-9-13(10-15(17)19-14)16(21)20(3)11(2)12-5-7-18-8-6-12/h5-11H,4H2,1-3H3. The zero-order valence-corrected chi connectivity index (χ0v) is 13.1. The van der Waals surface area contributed by atoms with Crippen molar-refractivity contribution in [3.63, 3.8) is 0 Å². The molecule has 2 rings (SSSR count). The van der Waals surface area contributed by atoms with Crippen molar-refractivity contribution in [1.29, 1.82) is 0 Å². The van der Waals surface area contributed by atoms with Crippen LogP contribution < -0.4 is 0 Å². The van der Waals surface area contributed by atoms with Gasteiger partial charge in [-0.2, -0.15) is 0 Å². The van der Waals surface area contributed by atoms with E-state index in [1.807, 2.05) is 26.0 Å². The van der Waals surface area contributed by atoms with Crippen LogP contribution in [-0.4, -0.2) is 27.8 Å². The van der Waals surface area contributed by atoms with Gasteiger partial charge in [0, 0.05) is 30.7 Å². The molecule has 2 aromatic rings. The van der Waals surface area contributed by atoms with E-state index in [1.54, 1.807) is 36.5 Å². The molecule has 0 aliphatic carbocycles. The summed E-state index contributed by atoms with van der Waals surface area (Å²) in [6.45, 7) is 3.97. The molecule has 5 heteroatoms. The summed E-state index contributed by atoms with van der Waals surface area (Å²) in [6, 6.07) is 7.18. The van der Waals surface area contributed by atoms with Crippen LogP contribution in [0.4, 0.5) is 0 Å².